The number of nitrogens with zero attached hydrogens (tertiary/aromatic N) is 2. The minimum atomic E-state index is -0.0248. The molecule has 4 nitrogen and oxygen atoms in total. The zero-order valence-electron chi connectivity index (χ0n) is 15.2. The summed E-state index contributed by atoms with van der Waals surface area (Å²) in [4.78, 5) is 18.9. The lowest BCUT2D eigenvalue weighted by Crippen LogP contribution is -2.26. The van der Waals surface area contributed by atoms with E-state index in [1.165, 1.54) is 5.56 Å². The first-order valence-electron chi connectivity index (χ1n) is 8.47. The van der Waals surface area contributed by atoms with Crippen molar-refractivity contribution in [2.24, 2.45) is 0 Å². The van der Waals surface area contributed by atoms with Gasteiger partial charge < -0.3 is 9.64 Å². The minimum absolute atomic E-state index is 0.0248. The number of rotatable bonds is 6. The number of aromatic nitrogens is 1. The molecule has 0 saturated carbocycles. The molecule has 0 atom stereocenters. The Morgan fingerprint density at radius 3 is 2.69 bits per heavy atom. The maximum absolute atomic E-state index is 12.7. The lowest BCUT2D eigenvalue weighted by molar-refractivity contribution is 0.0784. The van der Waals surface area contributed by atoms with E-state index < -0.39 is 0 Å². The molecule has 134 valence electrons. The van der Waals surface area contributed by atoms with Gasteiger partial charge >= 0.3 is 0 Å². The van der Waals surface area contributed by atoms with Gasteiger partial charge in [-0.25, -0.2) is 4.98 Å². The van der Waals surface area contributed by atoms with Crippen LogP contribution in [0.3, 0.4) is 0 Å². The summed E-state index contributed by atoms with van der Waals surface area (Å²) in [7, 11) is 1.82. The fourth-order valence-electron chi connectivity index (χ4n) is 2.69. The average Bonchev–Trinajstić information content (AvgIpc) is 3.07. The van der Waals surface area contributed by atoms with Gasteiger partial charge in [-0.2, -0.15) is 0 Å². The molecule has 0 aliphatic carbocycles. The molecule has 3 rings (SSSR count). The molecule has 3 aromatic rings. The van der Waals surface area contributed by atoms with Crippen LogP contribution in [0.15, 0.2) is 53.9 Å². The van der Waals surface area contributed by atoms with Crippen molar-refractivity contribution in [1.29, 1.82) is 0 Å². The first-order valence-corrected chi connectivity index (χ1v) is 9.35. The SMILES string of the molecule is Cc1nc(COc2cccc(C(=O)N(C)Cc3ccccc3C)c2)cs1. The largest absolute Gasteiger partial charge is 0.487 e. The van der Waals surface area contributed by atoms with E-state index in [1.807, 2.05) is 49.7 Å². The van der Waals surface area contributed by atoms with E-state index in [0.717, 1.165) is 16.3 Å². The van der Waals surface area contributed by atoms with E-state index in [4.69, 9.17) is 4.74 Å². The second-order valence-electron chi connectivity index (χ2n) is 6.26. The van der Waals surface area contributed by atoms with Crippen molar-refractivity contribution < 1.29 is 9.53 Å². The molecule has 0 bridgehead atoms. The number of benzene rings is 2. The van der Waals surface area contributed by atoms with Gasteiger partial charge in [0.2, 0.25) is 0 Å². The Hall–Kier alpha value is -2.66. The van der Waals surface area contributed by atoms with Gasteiger partial charge in [-0.1, -0.05) is 30.3 Å². The molecule has 0 spiro atoms. The monoisotopic (exact) mass is 366 g/mol. The van der Waals surface area contributed by atoms with E-state index in [0.29, 0.717) is 24.5 Å². The Morgan fingerprint density at radius 1 is 1.15 bits per heavy atom. The highest BCUT2D eigenvalue weighted by atomic mass is 32.1. The maximum Gasteiger partial charge on any atom is 0.254 e. The zero-order valence-corrected chi connectivity index (χ0v) is 16.0. The molecule has 0 fully saturated rings. The molecule has 0 saturated heterocycles. The lowest BCUT2D eigenvalue weighted by Gasteiger charge is -2.19. The number of hydrogen-bond acceptors (Lipinski definition) is 4. The summed E-state index contributed by atoms with van der Waals surface area (Å²) in [6.07, 6.45) is 0. The number of ether oxygens (including phenoxy) is 1. The summed E-state index contributed by atoms with van der Waals surface area (Å²) >= 11 is 1.60. The van der Waals surface area contributed by atoms with Gasteiger partial charge in [0.25, 0.3) is 5.91 Å². The molecule has 0 aliphatic rings. The Kier molecular flexibility index (Phi) is 5.68. The Bertz CT molecular complexity index is 904. The molecule has 1 heterocycles. The van der Waals surface area contributed by atoms with E-state index >= 15 is 0 Å². The summed E-state index contributed by atoms with van der Waals surface area (Å²) in [6.45, 7) is 5.01. The van der Waals surface area contributed by atoms with Gasteiger partial charge in [0.05, 0.1) is 10.7 Å². The van der Waals surface area contributed by atoms with Crippen molar-refractivity contribution in [2.45, 2.75) is 27.0 Å². The van der Waals surface area contributed by atoms with Crippen LogP contribution >= 0.6 is 11.3 Å². The van der Waals surface area contributed by atoms with Crippen molar-refractivity contribution in [3.8, 4) is 5.75 Å². The molecule has 26 heavy (non-hydrogen) atoms. The highest BCUT2D eigenvalue weighted by Crippen LogP contribution is 2.18. The number of hydrogen-bond donors (Lipinski definition) is 0. The fraction of sp³-hybridized carbons (Fsp3) is 0.238. The number of carbonyl (C=O) groups is 1. The van der Waals surface area contributed by atoms with E-state index in [1.54, 1.807) is 22.3 Å². The normalized spacial score (nSPS) is 10.6. The van der Waals surface area contributed by atoms with Crippen LogP contribution < -0.4 is 4.74 Å². The topological polar surface area (TPSA) is 42.4 Å². The predicted octanol–water partition coefficient (Wildman–Crippen LogP) is 4.61. The maximum atomic E-state index is 12.7. The van der Waals surface area contributed by atoms with Crippen molar-refractivity contribution >= 4 is 17.2 Å². The van der Waals surface area contributed by atoms with Crippen LogP contribution in [0, 0.1) is 13.8 Å². The second-order valence-corrected chi connectivity index (χ2v) is 7.32. The van der Waals surface area contributed by atoms with Crippen LogP contribution in [-0.4, -0.2) is 22.8 Å². The average molecular weight is 366 g/mol. The molecule has 1 amide bonds. The standard InChI is InChI=1S/C21H22N2O2S/c1-15-7-4-5-8-18(15)12-23(3)21(24)17-9-6-10-20(11-17)25-13-19-14-26-16(2)22-19/h4-11,14H,12-13H2,1-3H3. The van der Waals surface area contributed by atoms with Crippen molar-refractivity contribution in [1.82, 2.24) is 9.88 Å². The molecule has 5 heteroatoms. The summed E-state index contributed by atoms with van der Waals surface area (Å²) in [6, 6.07) is 15.4. The number of aryl methyl sites for hydroxylation is 2. The van der Waals surface area contributed by atoms with Crippen molar-refractivity contribution in [2.75, 3.05) is 7.05 Å². The molecule has 1 aromatic heterocycles. The third-order valence-electron chi connectivity index (χ3n) is 4.15. The smallest absolute Gasteiger partial charge is 0.254 e. The van der Waals surface area contributed by atoms with Crippen LogP contribution in [0.5, 0.6) is 5.75 Å². The van der Waals surface area contributed by atoms with Gasteiger partial charge in [-0.15, -0.1) is 11.3 Å². The lowest BCUT2D eigenvalue weighted by atomic mass is 10.1. The quantitative estimate of drug-likeness (QED) is 0.640. The third kappa shape index (κ3) is 4.49. The Labute approximate surface area is 158 Å². The second kappa shape index (κ2) is 8.15. The third-order valence-corrected chi connectivity index (χ3v) is 4.97. The van der Waals surface area contributed by atoms with Crippen molar-refractivity contribution in [3.05, 3.63) is 81.3 Å². The summed E-state index contributed by atoms with van der Waals surface area (Å²) < 4.78 is 5.79. The van der Waals surface area contributed by atoms with E-state index in [9.17, 15) is 4.79 Å². The van der Waals surface area contributed by atoms with E-state index in [2.05, 4.69) is 24.0 Å². The van der Waals surface area contributed by atoms with Crippen LogP contribution in [0.1, 0.15) is 32.2 Å². The zero-order chi connectivity index (χ0) is 18.5. The highest BCUT2D eigenvalue weighted by Gasteiger charge is 2.14. The fourth-order valence-corrected chi connectivity index (χ4v) is 3.28. The minimum Gasteiger partial charge on any atom is -0.487 e. The first-order chi connectivity index (χ1) is 12.5. The number of carbonyl (C=O) groups excluding carboxylic acids is 1. The number of thiazole rings is 1. The highest BCUT2D eigenvalue weighted by molar-refractivity contribution is 7.09. The molecule has 0 aliphatic heterocycles. The van der Waals surface area contributed by atoms with Crippen LogP contribution in [0.4, 0.5) is 0 Å². The van der Waals surface area contributed by atoms with Crippen LogP contribution in [0.2, 0.25) is 0 Å². The van der Waals surface area contributed by atoms with Gasteiger partial charge in [-0.05, 0) is 43.2 Å². The Morgan fingerprint density at radius 2 is 1.96 bits per heavy atom. The van der Waals surface area contributed by atoms with Gasteiger partial charge in [0, 0.05) is 24.5 Å². The molecular weight excluding hydrogens is 344 g/mol. The molecule has 0 unspecified atom stereocenters. The van der Waals surface area contributed by atoms with Gasteiger partial charge in [0.15, 0.2) is 0 Å². The van der Waals surface area contributed by atoms with Crippen molar-refractivity contribution in [3.63, 3.8) is 0 Å². The molecular formula is C21H22N2O2S. The number of amides is 1. The van der Waals surface area contributed by atoms with Crippen LogP contribution in [-0.2, 0) is 13.2 Å². The summed E-state index contributed by atoms with van der Waals surface area (Å²) in [5.41, 5.74) is 3.85. The molecule has 0 radical (unpaired) electrons. The summed E-state index contributed by atoms with van der Waals surface area (Å²) in [5.74, 6) is 0.647. The molecule has 2 aromatic carbocycles. The first kappa shape index (κ1) is 18.1. The summed E-state index contributed by atoms with van der Waals surface area (Å²) in [5, 5.41) is 3.01. The van der Waals surface area contributed by atoms with Crippen LogP contribution in [0.25, 0.3) is 0 Å². The molecule has 0 N–H and O–H groups in total. The Balaban J connectivity index is 1.66. The van der Waals surface area contributed by atoms with Gasteiger partial charge in [-0.3, -0.25) is 4.79 Å². The predicted molar refractivity (Wildman–Crippen MR) is 105 cm³/mol. The van der Waals surface area contributed by atoms with E-state index in [-0.39, 0.29) is 5.91 Å². The van der Waals surface area contributed by atoms with Gasteiger partial charge in [0.1, 0.15) is 12.4 Å².